The molecule has 2 aliphatic heterocycles. The Morgan fingerprint density at radius 3 is 2.06 bits per heavy atom. The van der Waals surface area contributed by atoms with Gasteiger partial charge in [0.1, 0.15) is 11.7 Å². The van der Waals surface area contributed by atoms with Crippen LogP contribution in [-0.2, 0) is 22.7 Å². The number of fused-ring (bicyclic) bond motifs is 2. The highest BCUT2D eigenvalue weighted by Gasteiger charge is 2.46. The fourth-order valence-corrected chi connectivity index (χ4v) is 5.28. The third kappa shape index (κ3) is 5.75. The lowest BCUT2D eigenvalue weighted by atomic mass is 9.93. The molecule has 2 atom stereocenters. The normalized spacial score (nSPS) is 30.4. The molecule has 0 radical (unpaired) electrons. The van der Waals surface area contributed by atoms with Crippen molar-refractivity contribution in [3.8, 4) is 5.88 Å². The molecule has 0 aromatic carbocycles. The summed E-state index contributed by atoms with van der Waals surface area (Å²) in [6.45, 7) is 5.64. The van der Waals surface area contributed by atoms with Crippen molar-refractivity contribution >= 4 is 6.09 Å². The lowest BCUT2D eigenvalue weighted by Gasteiger charge is -2.41. The summed E-state index contributed by atoms with van der Waals surface area (Å²) in [5.41, 5.74) is -1.45. The van der Waals surface area contributed by atoms with E-state index >= 15 is 0 Å². The number of ether oxygens (including phenoxy) is 3. The number of nitrogens with zero attached hydrogens (tertiary/aromatic N) is 3. The SMILES string of the molecule is Cn1nc(C(F)(F)F)cc1OC1CCC(OC2C[C@@H]3CC[C@@H](C2)N3C(=O)OC(C)(C)C)CC1. The predicted molar refractivity (Wildman–Crippen MR) is 114 cm³/mol. The molecular weight excluding hydrogens is 439 g/mol. The van der Waals surface area contributed by atoms with Crippen LogP contribution in [0.25, 0.3) is 0 Å². The summed E-state index contributed by atoms with van der Waals surface area (Å²) in [6, 6.07) is 1.28. The zero-order chi connectivity index (χ0) is 24.0. The summed E-state index contributed by atoms with van der Waals surface area (Å²) in [4.78, 5) is 14.5. The molecule has 0 N–H and O–H groups in total. The minimum absolute atomic E-state index is 0.111. The number of carbonyl (C=O) groups is 1. The maximum atomic E-state index is 12.9. The number of halogens is 3. The maximum absolute atomic E-state index is 12.9. The van der Waals surface area contributed by atoms with Crippen molar-refractivity contribution in [1.29, 1.82) is 0 Å². The predicted octanol–water partition coefficient (Wildman–Crippen LogP) is 5.08. The Labute approximate surface area is 192 Å². The summed E-state index contributed by atoms with van der Waals surface area (Å²) >= 11 is 0. The zero-order valence-electron chi connectivity index (χ0n) is 19.7. The smallest absolute Gasteiger partial charge is 0.435 e. The Kier molecular flexibility index (Phi) is 6.59. The van der Waals surface area contributed by atoms with Crippen LogP contribution in [0.2, 0.25) is 0 Å². The van der Waals surface area contributed by atoms with Crippen molar-refractivity contribution in [3.63, 3.8) is 0 Å². The van der Waals surface area contributed by atoms with E-state index in [4.69, 9.17) is 14.2 Å². The van der Waals surface area contributed by atoms with Crippen molar-refractivity contribution in [2.24, 2.45) is 7.05 Å². The first-order valence-electron chi connectivity index (χ1n) is 11.8. The standard InChI is InChI=1S/C23H34F3N3O4/c1-22(2,3)33-21(30)29-14-5-6-15(29)12-18(11-14)31-16-7-9-17(10-8-16)32-20-13-19(23(24,25)26)27-28(20)4/h13-18H,5-12H2,1-4H3/t14-,15-,16?,17?/m0/s1. The van der Waals surface area contributed by atoms with E-state index in [-0.39, 0.29) is 42.4 Å². The van der Waals surface area contributed by atoms with E-state index in [9.17, 15) is 18.0 Å². The van der Waals surface area contributed by atoms with Crippen LogP contribution < -0.4 is 4.74 Å². The lowest BCUT2D eigenvalue weighted by molar-refractivity contribution is -0.141. The van der Waals surface area contributed by atoms with Crippen LogP contribution in [-0.4, -0.2) is 56.8 Å². The molecule has 2 bridgehead atoms. The van der Waals surface area contributed by atoms with Gasteiger partial charge in [0.25, 0.3) is 0 Å². The number of aromatic nitrogens is 2. The van der Waals surface area contributed by atoms with Crippen LogP contribution in [0.15, 0.2) is 6.07 Å². The highest BCUT2D eigenvalue weighted by atomic mass is 19.4. The Morgan fingerprint density at radius 1 is 0.970 bits per heavy atom. The Bertz CT molecular complexity index is 829. The minimum atomic E-state index is -4.48. The summed E-state index contributed by atoms with van der Waals surface area (Å²) < 4.78 is 57.5. The summed E-state index contributed by atoms with van der Waals surface area (Å²) in [5.74, 6) is 0.137. The first-order valence-corrected chi connectivity index (χ1v) is 11.8. The van der Waals surface area contributed by atoms with Crippen molar-refractivity contribution in [2.75, 3.05) is 0 Å². The van der Waals surface area contributed by atoms with Gasteiger partial charge in [0.2, 0.25) is 5.88 Å². The van der Waals surface area contributed by atoms with Gasteiger partial charge in [-0.2, -0.15) is 18.3 Å². The Hall–Kier alpha value is -1.97. The molecule has 4 rings (SSSR count). The number of hydrogen-bond acceptors (Lipinski definition) is 5. The average molecular weight is 474 g/mol. The number of amides is 1. The van der Waals surface area contributed by atoms with E-state index in [1.165, 1.54) is 7.05 Å². The molecule has 1 aromatic heterocycles. The van der Waals surface area contributed by atoms with E-state index in [1.807, 2.05) is 25.7 Å². The molecule has 3 fully saturated rings. The van der Waals surface area contributed by atoms with Crippen LogP contribution >= 0.6 is 0 Å². The maximum Gasteiger partial charge on any atom is 0.435 e. The third-order valence-corrected chi connectivity index (χ3v) is 6.72. The van der Waals surface area contributed by atoms with Crippen LogP contribution in [0.3, 0.4) is 0 Å². The van der Waals surface area contributed by atoms with Gasteiger partial charge < -0.3 is 19.1 Å². The quantitative estimate of drug-likeness (QED) is 0.611. The number of rotatable bonds is 4. The van der Waals surface area contributed by atoms with Gasteiger partial charge in [0.15, 0.2) is 5.69 Å². The van der Waals surface area contributed by atoms with Gasteiger partial charge in [0, 0.05) is 25.2 Å². The lowest BCUT2D eigenvalue weighted by Crippen LogP contribution is -2.50. The molecule has 1 aromatic rings. The molecule has 1 amide bonds. The van der Waals surface area contributed by atoms with Crippen LogP contribution in [0.4, 0.5) is 18.0 Å². The first-order chi connectivity index (χ1) is 15.4. The second-order valence-electron chi connectivity index (χ2n) is 10.5. The highest BCUT2D eigenvalue weighted by Crippen LogP contribution is 2.39. The molecule has 3 heterocycles. The second-order valence-corrected chi connectivity index (χ2v) is 10.5. The van der Waals surface area contributed by atoms with Gasteiger partial charge in [-0.3, -0.25) is 0 Å². The van der Waals surface area contributed by atoms with Gasteiger partial charge in [-0.15, -0.1) is 0 Å². The number of piperidine rings is 1. The van der Waals surface area contributed by atoms with E-state index < -0.39 is 17.5 Å². The van der Waals surface area contributed by atoms with Crippen LogP contribution in [0, 0.1) is 0 Å². The number of aryl methyl sites for hydroxylation is 1. The van der Waals surface area contributed by atoms with Gasteiger partial charge in [0.05, 0.1) is 12.2 Å². The summed E-state index contributed by atoms with van der Waals surface area (Å²) in [6.07, 6.45) is 2.03. The Morgan fingerprint density at radius 2 is 1.55 bits per heavy atom. The highest BCUT2D eigenvalue weighted by molar-refractivity contribution is 5.69. The van der Waals surface area contributed by atoms with E-state index in [0.717, 1.165) is 62.1 Å². The summed E-state index contributed by atoms with van der Waals surface area (Å²) in [5, 5.41) is 3.50. The number of carbonyl (C=O) groups excluding carboxylic acids is 1. The Balaban J connectivity index is 1.24. The fraction of sp³-hybridized carbons (Fsp3) is 0.826. The van der Waals surface area contributed by atoms with Crippen molar-refractivity contribution in [2.45, 2.75) is 114 Å². The largest absolute Gasteiger partial charge is 0.475 e. The third-order valence-electron chi connectivity index (χ3n) is 6.72. The first kappa shape index (κ1) is 24.2. The zero-order valence-corrected chi connectivity index (χ0v) is 19.7. The van der Waals surface area contributed by atoms with Crippen molar-refractivity contribution in [1.82, 2.24) is 14.7 Å². The van der Waals surface area contributed by atoms with Gasteiger partial charge >= 0.3 is 12.3 Å². The van der Waals surface area contributed by atoms with E-state index in [1.54, 1.807) is 0 Å². The summed E-state index contributed by atoms with van der Waals surface area (Å²) in [7, 11) is 1.46. The molecule has 186 valence electrons. The molecule has 3 aliphatic rings. The minimum Gasteiger partial charge on any atom is -0.475 e. The van der Waals surface area contributed by atoms with Gasteiger partial charge in [-0.05, 0) is 72.1 Å². The molecule has 1 saturated carbocycles. The van der Waals surface area contributed by atoms with Gasteiger partial charge in [-0.25, -0.2) is 9.48 Å². The topological polar surface area (TPSA) is 65.8 Å². The van der Waals surface area contributed by atoms with Crippen molar-refractivity contribution < 1.29 is 32.2 Å². The number of alkyl halides is 3. The van der Waals surface area contributed by atoms with Crippen LogP contribution in [0.5, 0.6) is 5.88 Å². The van der Waals surface area contributed by atoms with E-state index in [0.29, 0.717) is 0 Å². The molecular formula is C23H34F3N3O4. The fourth-order valence-electron chi connectivity index (χ4n) is 5.28. The monoisotopic (exact) mass is 473 g/mol. The van der Waals surface area contributed by atoms with Crippen LogP contribution in [0.1, 0.15) is 77.8 Å². The molecule has 1 aliphatic carbocycles. The molecule has 0 unspecified atom stereocenters. The number of hydrogen-bond donors (Lipinski definition) is 0. The molecule has 2 saturated heterocycles. The molecule has 33 heavy (non-hydrogen) atoms. The average Bonchev–Trinajstić information content (AvgIpc) is 3.19. The molecule has 7 nitrogen and oxygen atoms in total. The van der Waals surface area contributed by atoms with Gasteiger partial charge in [-0.1, -0.05) is 0 Å². The molecule has 0 spiro atoms. The second kappa shape index (κ2) is 9.00. The van der Waals surface area contributed by atoms with E-state index in [2.05, 4.69) is 5.10 Å². The van der Waals surface area contributed by atoms with Crippen molar-refractivity contribution in [3.05, 3.63) is 11.8 Å². The molecule has 10 heteroatoms.